The number of aromatic nitrogens is 1. The van der Waals surface area contributed by atoms with Gasteiger partial charge in [-0.2, -0.15) is 0 Å². The maximum Gasteiger partial charge on any atom is 0.226 e. The SMILES string of the molecule is Cc1cccc(Cc2cnc(NC(=O)CC(C)C)s2)c1. The van der Waals surface area contributed by atoms with Crippen LogP contribution in [-0.4, -0.2) is 10.9 Å². The van der Waals surface area contributed by atoms with Gasteiger partial charge in [0.05, 0.1) is 0 Å². The zero-order valence-corrected chi connectivity index (χ0v) is 13.0. The van der Waals surface area contributed by atoms with Crippen LogP contribution in [0.2, 0.25) is 0 Å². The van der Waals surface area contributed by atoms with Gasteiger partial charge in [-0.15, -0.1) is 11.3 Å². The molecule has 1 aromatic heterocycles. The molecule has 106 valence electrons. The topological polar surface area (TPSA) is 42.0 Å². The summed E-state index contributed by atoms with van der Waals surface area (Å²) in [5.41, 5.74) is 2.53. The Kier molecular flexibility index (Phi) is 4.90. The number of aryl methyl sites for hydroxylation is 1. The van der Waals surface area contributed by atoms with E-state index in [1.54, 1.807) is 11.3 Å². The highest BCUT2D eigenvalue weighted by Crippen LogP contribution is 2.22. The van der Waals surface area contributed by atoms with Crippen molar-refractivity contribution >= 4 is 22.4 Å². The number of nitrogens with zero attached hydrogens (tertiary/aromatic N) is 1. The van der Waals surface area contributed by atoms with Crippen LogP contribution < -0.4 is 5.32 Å². The molecule has 0 unspecified atom stereocenters. The molecule has 0 aliphatic carbocycles. The molecule has 0 radical (unpaired) electrons. The molecule has 2 rings (SSSR count). The highest BCUT2D eigenvalue weighted by Gasteiger charge is 2.08. The predicted molar refractivity (Wildman–Crippen MR) is 84.2 cm³/mol. The van der Waals surface area contributed by atoms with Crippen molar-refractivity contribution in [1.82, 2.24) is 4.98 Å². The molecule has 3 nitrogen and oxygen atoms in total. The second-order valence-corrected chi connectivity index (χ2v) is 6.56. The third kappa shape index (κ3) is 4.46. The Labute approximate surface area is 124 Å². The van der Waals surface area contributed by atoms with Crippen LogP contribution in [0, 0.1) is 12.8 Å². The van der Waals surface area contributed by atoms with E-state index in [0.717, 1.165) is 11.3 Å². The fourth-order valence-corrected chi connectivity index (χ4v) is 2.87. The Balaban J connectivity index is 1.97. The van der Waals surface area contributed by atoms with Gasteiger partial charge in [0.15, 0.2) is 5.13 Å². The molecule has 1 amide bonds. The first-order valence-corrected chi connectivity index (χ1v) is 7.64. The minimum absolute atomic E-state index is 0.0384. The van der Waals surface area contributed by atoms with E-state index in [-0.39, 0.29) is 5.91 Å². The number of benzene rings is 1. The zero-order chi connectivity index (χ0) is 14.5. The van der Waals surface area contributed by atoms with E-state index in [4.69, 9.17) is 0 Å². The summed E-state index contributed by atoms with van der Waals surface area (Å²) in [6, 6.07) is 8.45. The summed E-state index contributed by atoms with van der Waals surface area (Å²) < 4.78 is 0. The fourth-order valence-electron chi connectivity index (χ4n) is 2.01. The molecule has 0 spiro atoms. The van der Waals surface area contributed by atoms with Gasteiger partial charge in [0.1, 0.15) is 0 Å². The fraction of sp³-hybridized carbons (Fsp3) is 0.375. The van der Waals surface area contributed by atoms with Crippen molar-refractivity contribution in [3.8, 4) is 0 Å². The molecule has 4 heteroatoms. The molecule has 0 saturated carbocycles. The van der Waals surface area contributed by atoms with Crippen LogP contribution in [0.3, 0.4) is 0 Å². The van der Waals surface area contributed by atoms with Crippen molar-refractivity contribution in [1.29, 1.82) is 0 Å². The van der Waals surface area contributed by atoms with Gasteiger partial charge >= 0.3 is 0 Å². The van der Waals surface area contributed by atoms with Crippen LogP contribution in [-0.2, 0) is 11.2 Å². The van der Waals surface area contributed by atoms with E-state index >= 15 is 0 Å². The standard InChI is InChI=1S/C16H20N2OS/c1-11(2)7-15(19)18-16-17-10-14(20-16)9-13-6-4-5-12(3)8-13/h4-6,8,10-11H,7,9H2,1-3H3,(H,17,18,19). The van der Waals surface area contributed by atoms with Gasteiger partial charge in [0.2, 0.25) is 5.91 Å². The Hall–Kier alpha value is -1.68. The average Bonchev–Trinajstić information content (AvgIpc) is 2.75. The smallest absolute Gasteiger partial charge is 0.226 e. The van der Waals surface area contributed by atoms with Crippen LogP contribution in [0.25, 0.3) is 0 Å². The molecule has 1 heterocycles. The number of hydrogen-bond acceptors (Lipinski definition) is 3. The quantitative estimate of drug-likeness (QED) is 0.902. The Bertz CT molecular complexity index is 590. The predicted octanol–water partition coefficient (Wildman–Crippen LogP) is 4.03. The molecule has 2 aromatic rings. The maximum absolute atomic E-state index is 11.7. The van der Waals surface area contributed by atoms with Crippen LogP contribution in [0.5, 0.6) is 0 Å². The molecule has 0 atom stereocenters. The minimum Gasteiger partial charge on any atom is -0.302 e. The van der Waals surface area contributed by atoms with E-state index in [2.05, 4.69) is 41.5 Å². The molecule has 0 aliphatic heterocycles. The van der Waals surface area contributed by atoms with E-state index < -0.39 is 0 Å². The number of anilines is 1. The largest absolute Gasteiger partial charge is 0.302 e. The van der Waals surface area contributed by atoms with Crippen molar-refractivity contribution in [3.05, 3.63) is 46.5 Å². The monoisotopic (exact) mass is 288 g/mol. The first-order chi connectivity index (χ1) is 9.52. The molecule has 0 fully saturated rings. The van der Waals surface area contributed by atoms with Crippen LogP contribution in [0.4, 0.5) is 5.13 Å². The highest BCUT2D eigenvalue weighted by molar-refractivity contribution is 7.15. The molecule has 20 heavy (non-hydrogen) atoms. The van der Waals surface area contributed by atoms with Crippen molar-refractivity contribution in [2.75, 3.05) is 5.32 Å². The molecule has 0 aliphatic rings. The van der Waals surface area contributed by atoms with E-state index in [1.165, 1.54) is 11.1 Å². The average molecular weight is 288 g/mol. The second-order valence-electron chi connectivity index (χ2n) is 5.44. The van der Waals surface area contributed by atoms with Gasteiger partial charge < -0.3 is 5.32 Å². The first-order valence-electron chi connectivity index (χ1n) is 6.83. The van der Waals surface area contributed by atoms with Gasteiger partial charge in [0, 0.05) is 23.9 Å². The summed E-state index contributed by atoms with van der Waals surface area (Å²) >= 11 is 1.55. The lowest BCUT2D eigenvalue weighted by Crippen LogP contribution is -2.13. The summed E-state index contributed by atoms with van der Waals surface area (Å²) in [7, 11) is 0. The summed E-state index contributed by atoms with van der Waals surface area (Å²) in [5, 5.41) is 3.55. The normalized spacial score (nSPS) is 10.8. The number of amides is 1. The van der Waals surface area contributed by atoms with E-state index in [1.807, 2.05) is 20.0 Å². The minimum atomic E-state index is 0.0384. The summed E-state index contributed by atoms with van der Waals surface area (Å²) in [6.07, 6.45) is 3.24. The lowest BCUT2D eigenvalue weighted by molar-refractivity contribution is -0.116. The van der Waals surface area contributed by atoms with Gasteiger partial charge in [-0.05, 0) is 18.4 Å². The van der Waals surface area contributed by atoms with Gasteiger partial charge in [-0.25, -0.2) is 4.98 Å². The molecule has 1 N–H and O–H groups in total. The van der Waals surface area contributed by atoms with Crippen LogP contribution in [0.15, 0.2) is 30.5 Å². The first kappa shape index (κ1) is 14.7. The molecular weight excluding hydrogens is 268 g/mol. The Morgan fingerprint density at radius 2 is 2.20 bits per heavy atom. The number of hydrogen-bond donors (Lipinski definition) is 1. The van der Waals surface area contributed by atoms with E-state index in [9.17, 15) is 4.79 Å². The highest BCUT2D eigenvalue weighted by atomic mass is 32.1. The zero-order valence-electron chi connectivity index (χ0n) is 12.1. The molecular formula is C16H20N2OS. The third-order valence-electron chi connectivity index (χ3n) is 2.85. The van der Waals surface area contributed by atoms with Gasteiger partial charge in [-0.3, -0.25) is 4.79 Å². The molecule has 0 bridgehead atoms. The van der Waals surface area contributed by atoms with Gasteiger partial charge in [0.25, 0.3) is 0 Å². The van der Waals surface area contributed by atoms with Crippen molar-refractivity contribution in [3.63, 3.8) is 0 Å². The number of carbonyl (C=O) groups excluding carboxylic acids is 1. The van der Waals surface area contributed by atoms with Gasteiger partial charge in [-0.1, -0.05) is 43.7 Å². The number of carbonyl (C=O) groups is 1. The lowest BCUT2D eigenvalue weighted by Gasteiger charge is -2.03. The van der Waals surface area contributed by atoms with Crippen molar-refractivity contribution in [2.45, 2.75) is 33.6 Å². The third-order valence-corrected chi connectivity index (χ3v) is 3.77. The van der Waals surface area contributed by atoms with Crippen molar-refractivity contribution < 1.29 is 4.79 Å². The van der Waals surface area contributed by atoms with Crippen LogP contribution in [0.1, 0.15) is 36.3 Å². The van der Waals surface area contributed by atoms with E-state index in [0.29, 0.717) is 17.5 Å². The van der Waals surface area contributed by atoms with Crippen LogP contribution >= 0.6 is 11.3 Å². The summed E-state index contributed by atoms with van der Waals surface area (Å²) in [4.78, 5) is 17.1. The molecule has 1 aromatic carbocycles. The molecule has 0 saturated heterocycles. The number of nitrogens with one attached hydrogen (secondary N) is 1. The number of rotatable bonds is 5. The lowest BCUT2D eigenvalue weighted by atomic mass is 10.1. The second kappa shape index (κ2) is 6.66. The number of thiazole rings is 1. The Morgan fingerprint density at radius 3 is 2.90 bits per heavy atom. The summed E-state index contributed by atoms with van der Waals surface area (Å²) in [6.45, 7) is 6.16. The van der Waals surface area contributed by atoms with Crippen molar-refractivity contribution in [2.24, 2.45) is 5.92 Å². The summed E-state index contributed by atoms with van der Waals surface area (Å²) in [5.74, 6) is 0.401. The Morgan fingerprint density at radius 1 is 1.40 bits per heavy atom. The maximum atomic E-state index is 11.7.